The summed E-state index contributed by atoms with van der Waals surface area (Å²) in [5, 5.41) is 6.53. The molecule has 2 aliphatic heterocycles. The van der Waals surface area contributed by atoms with Gasteiger partial charge in [-0.15, -0.1) is 0 Å². The molecule has 2 atom stereocenters. The third kappa shape index (κ3) is 5.39. The number of hydrogen-bond donors (Lipinski definition) is 2. The van der Waals surface area contributed by atoms with Gasteiger partial charge in [-0.25, -0.2) is 9.59 Å². The van der Waals surface area contributed by atoms with Crippen molar-refractivity contribution in [3.05, 3.63) is 35.4 Å². The van der Waals surface area contributed by atoms with Crippen molar-refractivity contribution >= 4 is 23.5 Å². The average Bonchev–Trinajstić information content (AvgIpc) is 2.67. The minimum atomic E-state index is -0.949. The van der Waals surface area contributed by atoms with Gasteiger partial charge >= 0.3 is 11.9 Å². The first-order chi connectivity index (χ1) is 15.4. The minimum Gasteiger partial charge on any atom is -0.451 e. The van der Waals surface area contributed by atoms with Crippen LogP contribution in [0.1, 0.15) is 88.9 Å². The predicted octanol–water partition coefficient (Wildman–Crippen LogP) is 2.98. The number of ether oxygens (including phenoxy) is 2. The van der Waals surface area contributed by atoms with Gasteiger partial charge in [-0.1, -0.05) is 12.1 Å². The standard InChI is InChI=1S/C26H36N2O6/c1-23(2)13-17(19(29)25(5,6)27-23)33-21(31)15-11-9-10-12-16(15)22(32)34-18-14-24(3,4)28-26(7,8)20(18)30/h9-12,17-18,27-28H,13-14H2,1-8H3. The third-order valence-corrected chi connectivity index (χ3v) is 6.38. The number of rotatable bonds is 4. The lowest BCUT2D eigenvalue weighted by Gasteiger charge is -2.44. The van der Waals surface area contributed by atoms with Crippen LogP contribution >= 0.6 is 0 Å². The minimum absolute atomic E-state index is 0.00523. The molecule has 0 radical (unpaired) electrons. The van der Waals surface area contributed by atoms with Gasteiger partial charge in [0.2, 0.25) is 0 Å². The van der Waals surface area contributed by atoms with Gasteiger partial charge in [-0.05, 0) is 67.5 Å². The number of ketones is 2. The van der Waals surface area contributed by atoms with Gasteiger partial charge in [0.25, 0.3) is 0 Å². The van der Waals surface area contributed by atoms with Gasteiger partial charge < -0.3 is 20.1 Å². The SMILES string of the molecule is CC1(C)CC(OC(=O)c2ccccc2C(=O)OC2CC(C)(C)NC(C)(C)C2=O)C(=O)C(C)(C)N1. The second kappa shape index (κ2) is 8.57. The van der Waals surface area contributed by atoms with Gasteiger partial charge in [0, 0.05) is 23.9 Å². The molecule has 2 fully saturated rings. The van der Waals surface area contributed by atoms with Crippen LogP contribution in [0.3, 0.4) is 0 Å². The van der Waals surface area contributed by atoms with Crippen LogP contribution in [0.25, 0.3) is 0 Å². The molecule has 34 heavy (non-hydrogen) atoms. The van der Waals surface area contributed by atoms with Crippen LogP contribution in [0.2, 0.25) is 0 Å². The highest BCUT2D eigenvalue weighted by Gasteiger charge is 2.48. The summed E-state index contributed by atoms with van der Waals surface area (Å²) in [5.74, 6) is -2.02. The monoisotopic (exact) mass is 472 g/mol. The van der Waals surface area contributed by atoms with E-state index in [1.54, 1.807) is 39.8 Å². The quantitative estimate of drug-likeness (QED) is 0.644. The topological polar surface area (TPSA) is 111 Å². The van der Waals surface area contributed by atoms with Crippen molar-refractivity contribution in [3.8, 4) is 0 Å². The molecule has 2 N–H and O–H groups in total. The van der Waals surface area contributed by atoms with Crippen molar-refractivity contribution in [2.75, 3.05) is 0 Å². The molecule has 1 aromatic carbocycles. The molecule has 186 valence electrons. The van der Waals surface area contributed by atoms with E-state index in [9.17, 15) is 19.2 Å². The van der Waals surface area contributed by atoms with Crippen LogP contribution < -0.4 is 10.6 Å². The highest BCUT2D eigenvalue weighted by atomic mass is 16.6. The molecule has 3 rings (SSSR count). The Morgan fingerprint density at radius 3 is 1.35 bits per heavy atom. The second-order valence-corrected chi connectivity index (χ2v) is 11.7. The summed E-state index contributed by atoms with van der Waals surface area (Å²) in [6.07, 6.45) is -1.28. The Bertz CT molecular complexity index is 943. The zero-order chi connectivity index (χ0) is 25.7. The Labute approximate surface area is 201 Å². The lowest BCUT2D eigenvalue weighted by molar-refractivity contribution is -0.140. The molecule has 0 aromatic heterocycles. The van der Waals surface area contributed by atoms with Crippen molar-refractivity contribution in [1.29, 1.82) is 0 Å². The summed E-state index contributed by atoms with van der Waals surface area (Å²) >= 11 is 0. The summed E-state index contributed by atoms with van der Waals surface area (Å²) in [5.41, 5.74) is -2.57. The summed E-state index contributed by atoms with van der Waals surface area (Å²) in [6.45, 7) is 14.8. The number of hydrogen-bond acceptors (Lipinski definition) is 8. The second-order valence-electron chi connectivity index (χ2n) is 11.7. The smallest absolute Gasteiger partial charge is 0.339 e. The lowest BCUT2D eigenvalue weighted by atomic mass is 9.80. The van der Waals surface area contributed by atoms with E-state index in [0.29, 0.717) is 12.8 Å². The van der Waals surface area contributed by atoms with Gasteiger partial charge in [-0.3, -0.25) is 9.59 Å². The maximum absolute atomic E-state index is 13.1. The van der Waals surface area contributed by atoms with Crippen molar-refractivity contribution < 1.29 is 28.7 Å². The molecule has 1 aromatic rings. The van der Waals surface area contributed by atoms with Crippen molar-refractivity contribution in [1.82, 2.24) is 10.6 Å². The normalized spacial score (nSPS) is 27.1. The van der Waals surface area contributed by atoms with Crippen LogP contribution in [-0.4, -0.2) is 57.9 Å². The largest absolute Gasteiger partial charge is 0.451 e. The fourth-order valence-corrected chi connectivity index (χ4v) is 5.25. The molecule has 0 aliphatic carbocycles. The third-order valence-electron chi connectivity index (χ3n) is 6.38. The van der Waals surface area contributed by atoms with Crippen molar-refractivity contribution in [3.63, 3.8) is 0 Å². The van der Waals surface area contributed by atoms with Gasteiger partial charge in [0.05, 0.1) is 22.2 Å². The molecule has 0 saturated carbocycles. The Kier molecular flexibility index (Phi) is 6.56. The molecule has 2 saturated heterocycles. The number of benzene rings is 1. The predicted molar refractivity (Wildman–Crippen MR) is 127 cm³/mol. The van der Waals surface area contributed by atoms with E-state index in [0.717, 1.165) is 0 Å². The van der Waals surface area contributed by atoms with E-state index in [2.05, 4.69) is 10.6 Å². The summed E-state index contributed by atoms with van der Waals surface area (Å²) < 4.78 is 11.2. The summed E-state index contributed by atoms with van der Waals surface area (Å²) in [4.78, 5) is 51.9. The Morgan fingerprint density at radius 1 is 0.706 bits per heavy atom. The van der Waals surface area contributed by atoms with E-state index >= 15 is 0 Å². The molecular weight excluding hydrogens is 436 g/mol. The maximum atomic E-state index is 13.1. The molecule has 2 aliphatic rings. The first-order valence-corrected chi connectivity index (χ1v) is 11.6. The number of piperidine rings is 2. The zero-order valence-corrected chi connectivity index (χ0v) is 21.3. The molecule has 2 heterocycles. The molecule has 8 heteroatoms. The van der Waals surface area contributed by atoms with Gasteiger partial charge in [-0.2, -0.15) is 0 Å². The maximum Gasteiger partial charge on any atom is 0.339 e. The molecule has 0 spiro atoms. The van der Waals surface area contributed by atoms with E-state index in [4.69, 9.17) is 9.47 Å². The van der Waals surface area contributed by atoms with Crippen LogP contribution in [-0.2, 0) is 19.1 Å². The van der Waals surface area contributed by atoms with Crippen molar-refractivity contribution in [2.24, 2.45) is 0 Å². The summed E-state index contributed by atoms with van der Waals surface area (Å²) in [7, 11) is 0. The number of Topliss-reactive ketones (excluding diaryl/α,β-unsaturated/α-hetero) is 2. The number of esters is 2. The molecular formula is C26H36N2O6. The summed E-state index contributed by atoms with van der Waals surface area (Å²) in [6, 6.07) is 6.12. The lowest BCUT2D eigenvalue weighted by Crippen LogP contribution is -2.65. The van der Waals surface area contributed by atoms with Gasteiger partial charge in [0.1, 0.15) is 0 Å². The number of carbonyl (C=O) groups is 4. The van der Waals surface area contributed by atoms with Crippen LogP contribution in [0.5, 0.6) is 0 Å². The molecule has 8 nitrogen and oxygen atoms in total. The molecule has 0 amide bonds. The van der Waals surface area contributed by atoms with E-state index in [-0.39, 0.29) is 22.7 Å². The molecule has 0 bridgehead atoms. The first-order valence-electron chi connectivity index (χ1n) is 11.6. The highest BCUT2D eigenvalue weighted by Crippen LogP contribution is 2.30. The highest BCUT2D eigenvalue weighted by molar-refractivity contribution is 6.05. The van der Waals surface area contributed by atoms with Crippen LogP contribution in [0.15, 0.2) is 24.3 Å². The van der Waals surface area contributed by atoms with Crippen LogP contribution in [0.4, 0.5) is 0 Å². The molecule has 2 unspecified atom stereocenters. The Hall–Kier alpha value is -2.58. The number of carbonyl (C=O) groups excluding carboxylic acids is 4. The fraction of sp³-hybridized carbons (Fsp3) is 0.615. The average molecular weight is 473 g/mol. The van der Waals surface area contributed by atoms with Crippen LogP contribution in [0, 0.1) is 0 Å². The Morgan fingerprint density at radius 2 is 1.03 bits per heavy atom. The first kappa shape index (κ1) is 26.0. The Balaban J connectivity index is 1.82. The van der Waals surface area contributed by atoms with Crippen molar-refractivity contribution in [2.45, 2.75) is 103 Å². The fourth-order valence-electron chi connectivity index (χ4n) is 5.25. The van der Waals surface area contributed by atoms with E-state index in [1.165, 1.54) is 12.1 Å². The van der Waals surface area contributed by atoms with Gasteiger partial charge in [0.15, 0.2) is 23.8 Å². The number of nitrogens with one attached hydrogen (secondary N) is 2. The van der Waals surface area contributed by atoms with E-state index < -0.39 is 46.3 Å². The zero-order valence-electron chi connectivity index (χ0n) is 21.3. The van der Waals surface area contributed by atoms with E-state index in [1.807, 2.05) is 27.7 Å².